The zero-order chi connectivity index (χ0) is 13.0. The van der Waals surface area contributed by atoms with Crippen molar-refractivity contribution >= 4 is 11.8 Å². The van der Waals surface area contributed by atoms with Gasteiger partial charge in [-0.2, -0.15) is 0 Å². The molecule has 0 radical (unpaired) electrons. The topological polar surface area (TPSA) is 52.6 Å². The Balaban J connectivity index is 2.04. The van der Waals surface area contributed by atoms with Crippen LogP contribution in [0.15, 0.2) is 36.1 Å². The van der Waals surface area contributed by atoms with Gasteiger partial charge in [-0.05, 0) is 18.6 Å². The Kier molecular flexibility index (Phi) is 3.77. The number of hydrogen-bond donors (Lipinski definition) is 0. The summed E-state index contributed by atoms with van der Waals surface area (Å²) in [5.74, 6) is -0.314. The van der Waals surface area contributed by atoms with Crippen molar-refractivity contribution in [1.29, 1.82) is 0 Å². The molecule has 0 spiro atoms. The number of para-hydroxylation sites is 1. The summed E-state index contributed by atoms with van der Waals surface area (Å²) in [6.07, 6.45) is 2.87. The van der Waals surface area contributed by atoms with E-state index in [-0.39, 0.29) is 11.5 Å². The summed E-state index contributed by atoms with van der Waals surface area (Å²) >= 11 is 0. The van der Waals surface area contributed by atoms with Gasteiger partial charge in [-0.25, -0.2) is 4.79 Å². The second kappa shape index (κ2) is 5.49. The van der Waals surface area contributed by atoms with Gasteiger partial charge in [0.05, 0.1) is 18.2 Å². The molecule has 0 unspecified atom stereocenters. The van der Waals surface area contributed by atoms with Gasteiger partial charge in [0.1, 0.15) is 5.75 Å². The van der Waals surface area contributed by atoms with Crippen LogP contribution in [0.25, 0.3) is 0 Å². The number of hydrogen-bond acceptors (Lipinski definition) is 4. The SMILES string of the molecule is CCCCOC(=O)/C=C1\Oc2ccccc2C1=O. The van der Waals surface area contributed by atoms with Crippen LogP contribution in [-0.2, 0) is 9.53 Å². The molecular formula is C14H14O4. The summed E-state index contributed by atoms with van der Waals surface area (Å²) in [5, 5.41) is 0. The minimum Gasteiger partial charge on any atom is -0.462 e. The van der Waals surface area contributed by atoms with Crippen LogP contribution >= 0.6 is 0 Å². The smallest absolute Gasteiger partial charge is 0.334 e. The van der Waals surface area contributed by atoms with Crippen molar-refractivity contribution in [2.24, 2.45) is 0 Å². The van der Waals surface area contributed by atoms with Crippen molar-refractivity contribution in [2.75, 3.05) is 6.61 Å². The van der Waals surface area contributed by atoms with Crippen molar-refractivity contribution in [3.05, 3.63) is 41.7 Å². The number of carbonyl (C=O) groups is 2. The molecule has 0 bridgehead atoms. The van der Waals surface area contributed by atoms with Crippen LogP contribution in [0.2, 0.25) is 0 Å². The number of Topliss-reactive ketones (excluding diaryl/α,β-unsaturated/α-hetero) is 1. The number of esters is 1. The molecule has 1 heterocycles. The maximum Gasteiger partial charge on any atom is 0.334 e. The van der Waals surface area contributed by atoms with Gasteiger partial charge in [0.2, 0.25) is 5.78 Å². The third kappa shape index (κ3) is 2.59. The van der Waals surface area contributed by atoms with E-state index >= 15 is 0 Å². The van der Waals surface area contributed by atoms with Gasteiger partial charge in [0.25, 0.3) is 0 Å². The molecule has 2 rings (SSSR count). The molecule has 1 aliphatic heterocycles. The molecule has 4 heteroatoms. The molecule has 4 nitrogen and oxygen atoms in total. The Morgan fingerprint density at radius 1 is 1.39 bits per heavy atom. The third-order valence-corrected chi connectivity index (χ3v) is 2.57. The van der Waals surface area contributed by atoms with Crippen LogP contribution in [0, 0.1) is 0 Å². The molecule has 0 atom stereocenters. The van der Waals surface area contributed by atoms with E-state index in [1.54, 1.807) is 24.3 Å². The quantitative estimate of drug-likeness (QED) is 0.465. The first-order chi connectivity index (χ1) is 8.72. The number of fused-ring (bicyclic) bond motifs is 1. The van der Waals surface area contributed by atoms with E-state index in [9.17, 15) is 9.59 Å². The van der Waals surface area contributed by atoms with E-state index in [2.05, 4.69) is 0 Å². The van der Waals surface area contributed by atoms with Gasteiger partial charge in [-0.3, -0.25) is 4.79 Å². The van der Waals surface area contributed by atoms with Crippen LogP contribution in [0.4, 0.5) is 0 Å². The standard InChI is InChI=1S/C14H14O4/c1-2-3-8-17-13(15)9-12-14(16)10-6-4-5-7-11(10)18-12/h4-7,9H,2-3,8H2,1H3/b12-9-. The highest BCUT2D eigenvalue weighted by molar-refractivity contribution is 6.14. The molecule has 0 saturated heterocycles. The molecule has 0 aromatic heterocycles. The molecule has 1 aromatic carbocycles. The molecule has 1 aliphatic rings. The summed E-state index contributed by atoms with van der Waals surface area (Å²) in [6, 6.07) is 6.88. The van der Waals surface area contributed by atoms with Crippen molar-refractivity contribution < 1.29 is 19.1 Å². The van der Waals surface area contributed by atoms with E-state index in [1.807, 2.05) is 6.92 Å². The summed E-state index contributed by atoms with van der Waals surface area (Å²) in [4.78, 5) is 23.3. The van der Waals surface area contributed by atoms with Crippen LogP contribution < -0.4 is 4.74 Å². The Morgan fingerprint density at radius 3 is 2.89 bits per heavy atom. The molecule has 94 valence electrons. The monoisotopic (exact) mass is 246 g/mol. The maximum absolute atomic E-state index is 11.9. The fourth-order valence-electron chi connectivity index (χ4n) is 1.60. The normalized spacial score (nSPS) is 15.4. The lowest BCUT2D eigenvalue weighted by atomic mass is 10.1. The molecule has 0 amide bonds. The highest BCUT2D eigenvalue weighted by atomic mass is 16.5. The number of carbonyl (C=O) groups excluding carboxylic acids is 2. The molecule has 0 aliphatic carbocycles. The van der Waals surface area contributed by atoms with Crippen molar-refractivity contribution in [1.82, 2.24) is 0 Å². The first-order valence-corrected chi connectivity index (χ1v) is 5.92. The summed E-state index contributed by atoms with van der Waals surface area (Å²) < 4.78 is 10.3. The fourth-order valence-corrected chi connectivity index (χ4v) is 1.60. The van der Waals surface area contributed by atoms with Gasteiger partial charge < -0.3 is 9.47 Å². The second-order valence-corrected chi connectivity index (χ2v) is 3.96. The largest absolute Gasteiger partial charge is 0.462 e. The molecular weight excluding hydrogens is 232 g/mol. The van der Waals surface area contributed by atoms with Crippen LogP contribution in [0.5, 0.6) is 5.75 Å². The van der Waals surface area contributed by atoms with Crippen LogP contribution in [-0.4, -0.2) is 18.4 Å². The number of allylic oxidation sites excluding steroid dienone is 1. The van der Waals surface area contributed by atoms with Crippen molar-refractivity contribution in [2.45, 2.75) is 19.8 Å². The lowest BCUT2D eigenvalue weighted by Gasteiger charge is -2.00. The summed E-state index contributed by atoms with van der Waals surface area (Å²) in [7, 11) is 0. The Hall–Kier alpha value is -2.10. The number of benzene rings is 1. The Labute approximate surface area is 105 Å². The van der Waals surface area contributed by atoms with Gasteiger partial charge in [-0.1, -0.05) is 25.5 Å². The van der Waals surface area contributed by atoms with E-state index in [1.165, 1.54) is 0 Å². The number of ketones is 1. The average Bonchev–Trinajstić information content (AvgIpc) is 2.67. The lowest BCUT2D eigenvalue weighted by molar-refractivity contribution is -0.138. The number of ether oxygens (including phenoxy) is 2. The van der Waals surface area contributed by atoms with E-state index in [0.717, 1.165) is 18.9 Å². The molecule has 18 heavy (non-hydrogen) atoms. The van der Waals surface area contributed by atoms with E-state index < -0.39 is 5.97 Å². The van der Waals surface area contributed by atoms with Gasteiger partial charge in [0, 0.05) is 0 Å². The third-order valence-electron chi connectivity index (χ3n) is 2.57. The molecule has 0 fully saturated rings. The fraction of sp³-hybridized carbons (Fsp3) is 0.286. The molecule has 1 aromatic rings. The zero-order valence-corrected chi connectivity index (χ0v) is 10.1. The molecule has 0 N–H and O–H groups in total. The average molecular weight is 246 g/mol. The highest BCUT2D eigenvalue weighted by Gasteiger charge is 2.27. The Bertz CT molecular complexity index is 502. The van der Waals surface area contributed by atoms with Crippen molar-refractivity contribution in [3.63, 3.8) is 0 Å². The summed E-state index contributed by atoms with van der Waals surface area (Å²) in [5.41, 5.74) is 0.477. The first kappa shape index (κ1) is 12.4. The number of rotatable bonds is 4. The van der Waals surface area contributed by atoms with E-state index in [4.69, 9.17) is 9.47 Å². The predicted octanol–water partition coefficient (Wildman–Crippen LogP) is 2.49. The lowest BCUT2D eigenvalue weighted by Crippen LogP contribution is -2.07. The van der Waals surface area contributed by atoms with Crippen molar-refractivity contribution in [3.8, 4) is 5.75 Å². The van der Waals surface area contributed by atoms with Gasteiger partial charge >= 0.3 is 5.97 Å². The van der Waals surface area contributed by atoms with E-state index in [0.29, 0.717) is 17.9 Å². The zero-order valence-electron chi connectivity index (χ0n) is 10.1. The number of unbranched alkanes of at least 4 members (excludes halogenated alkanes) is 1. The predicted molar refractivity (Wildman–Crippen MR) is 65.4 cm³/mol. The minimum atomic E-state index is -0.542. The second-order valence-electron chi connectivity index (χ2n) is 3.96. The maximum atomic E-state index is 11.9. The van der Waals surface area contributed by atoms with Gasteiger partial charge in [-0.15, -0.1) is 0 Å². The van der Waals surface area contributed by atoms with Crippen LogP contribution in [0.1, 0.15) is 30.1 Å². The first-order valence-electron chi connectivity index (χ1n) is 5.92. The minimum absolute atomic E-state index is 0.0256. The van der Waals surface area contributed by atoms with Crippen LogP contribution in [0.3, 0.4) is 0 Å². The Morgan fingerprint density at radius 2 is 2.17 bits per heavy atom. The summed E-state index contributed by atoms with van der Waals surface area (Å²) in [6.45, 7) is 2.37. The molecule has 0 saturated carbocycles. The highest BCUT2D eigenvalue weighted by Crippen LogP contribution is 2.30. The van der Waals surface area contributed by atoms with Gasteiger partial charge in [0.15, 0.2) is 5.76 Å².